The highest BCUT2D eigenvalue weighted by molar-refractivity contribution is 4.85. The lowest BCUT2D eigenvalue weighted by Crippen LogP contribution is -2.37. The van der Waals surface area contributed by atoms with Gasteiger partial charge < -0.3 is 10.6 Å². The Balaban J connectivity index is 3.69. The van der Waals surface area contributed by atoms with Gasteiger partial charge in [-0.2, -0.15) is 0 Å². The molecule has 2 N–H and O–H groups in total. The minimum atomic E-state index is 0.198. The molecule has 0 aromatic rings. The van der Waals surface area contributed by atoms with E-state index in [1.54, 1.807) is 0 Å². The molecule has 0 saturated heterocycles. The van der Waals surface area contributed by atoms with Gasteiger partial charge in [-0.05, 0) is 19.0 Å². The monoisotopic (exact) mass is 168 g/mol. The first-order chi connectivity index (χ1) is 5.52. The molecule has 0 saturated carbocycles. The summed E-state index contributed by atoms with van der Waals surface area (Å²) < 4.78 is 0. The molecule has 0 amide bonds. The van der Waals surface area contributed by atoms with E-state index >= 15 is 0 Å². The molecule has 0 radical (unpaired) electrons. The van der Waals surface area contributed by atoms with Crippen LogP contribution < -0.4 is 5.73 Å². The lowest BCUT2D eigenvalue weighted by Gasteiger charge is -2.28. The van der Waals surface area contributed by atoms with E-state index in [1.807, 2.05) is 0 Å². The van der Waals surface area contributed by atoms with Gasteiger partial charge in [0.1, 0.15) is 0 Å². The van der Waals surface area contributed by atoms with Gasteiger partial charge in [-0.1, -0.05) is 13.8 Å². The number of hydrogen-bond donors (Lipinski definition) is 1. The summed E-state index contributed by atoms with van der Waals surface area (Å²) in [5, 5.41) is 0. The van der Waals surface area contributed by atoms with Gasteiger partial charge in [-0.3, -0.25) is 0 Å². The van der Waals surface area contributed by atoms with E-state index in [-0.39, 0.29) is 5.41 Å². The van der Waals surface area contributed by atoms with E-state index in [0.717, 1.165) is 19.5 Å². The Morgan fingerprint density at radius 1 is 1.50 bits per heavy atom. The van der Waals surface area contributed by atoms with Crippen LogP contribution in [0.5, 0.6) is 0 Å². The van der Waals surface area contributed by atoms with Crippen LogP contribution in [0.25, 0.3) is 0 Å². The molecule has 2 heteroatoms. The summed E-state index contributed by atoms with van der Waals surface area (Å²) in [5.41, 5.74) is 5.81. The van der Waals surface area contributed by atoms with Gasteiger partial charge in [0.15, 0.2) is 0 Å². The Morgan fingerprint density at radius 2 is 2.08 bits per heavy atom. The van der Waals surface area contributed by atoms with Crippen molar-refractivity contribution in [1.82, 2.24) is 4.90 Å². The number of nitrogens with zero attached hydrogens (tertiary/aromatic N) is 1. The predicted octanol–water partition coefficient (Wildman–Crippen LogP) is 0.926. The number of nitrogens with two attached hydrogens (primary N) is 1. The first-order valence-corrected chi connectivity index (χ1v) is 4.34. The van der Waals surface area contributed by atoms with E-state index in [9.17, 15) is 0 Å². The topological polar surface area (TPSA) is 29.3 Å². The Bertz CT molecular complexity index is 156. The molecule has 0 bridgehead atoms. The molecule has 0 aromatic heterocycles. The zero-order valence-corrected chi connectivity index (χ0v) is 8.43. The van der Waals surface area contributed by atoms with Crippen LogP contribution in [0.15, 0.2) is 0 Å². The molecule has 0 spiro atoms. The van der Waals surface area contributed by atoms with E-state index in [0.29, 0.717) is 6.54 Å². The lowest BCUT2D eigenvalue weighted by atomic mass is 9.93. The predicted molar refractivity (Wildman–Crippen MR) is 53.8 cm³/mol. The number of rotatable bonds is 5. The molecule has 0 aromatic carbocycles. The second-order valence-corrected chi connectivity index (χ2v) is 4.06. The van der Waals surface area contributed by atoms with Gasteiger partial charge in [-0.15, -0.1) is 12.3 Å². The van der Waals surface area contributed by atoms with E-state index in [2.05, 4.69) is 31.7 Å². The van der Waals surface area contributed by atoms with Gasteiger partial charge in [-0.25, -0.2) is 0 Å². The average molecular weight is 168 g/mol. The van der Waals surface area contributed by atoms with Crippen molar-refractivity contribution in [2.75, 3.05) is 26.7 Å². The molecule has 2 nitrogen and oxygen atoms in total. The first kappa shape index (κ1) is 11.5. The Morgan fingerprint density at radius 3 is 2.50 bits per heavy atom. The standard InChI is InChI=1S/C10H20N2/c1-5-6-7-12(4)9-10(2,3)8-11/h1H,6-9,11H2,2-4H3. The van der Waals surface area contributed by atoms with Crippen LogP contribution in [0.3, 0.4) is 0 Å². The maximum Gasteiger partial charge on any atom is 0.0214 e. The fourth-order valence-electron chi connectivity index (χ4n) is 1.13. The van der Waals surface area contributed by atoms with E-state index < -0.39 is 0 Å². The van der Waals surface area contributed by atoms with Crippen molar-refractivity contribution in [3.63, 3.8) is 0 Å². The zero-order chi connectivity index (χ0) is 9.61. The molecule has 70 valence electrons. The summed E-state index contributed by atoms with van der Waals surface area (Å²) >= 11 is 0. The maximum absolute atomic E-state index is 5.62. The fraction of sp³-hybridized carbons (Fsp3) is 0.800. The molecule has 0 aliphatic heterocycles. The van der Waals surface area contributed by atoms with Gasteiger partial charge in [0.05, 0.1) is 0 Å². The third-order valence-corrected chi connectivity index (χ3v) is 1.89. The quantitative estimate of drug-likeness (QED) is 0.619. The fourth-order valence-corrected chi connectivity index (χ4v) is 1.13. The molecule has 0 unspecified atom stereocenters. The van der Waals surface area contributed by atoms with Crippen LogP contribution in [0.1, 0.15) is 20.3 Å². The highest BCUT2D eigenvalue weighted by Gasteiger charge is 2.17. The molecular formula is C10H20N2. The van der Waals surface area contributed by atoms with Crippen LogP contribution in [0.2, 0.25) is 0 Å². The maximum atomic E-state index is 5.62. The van der Waals surface area contributed by atoms with Crippen LogP contribution in [0.4, 0.5) is 0 Å². The van der Waals surface area contributed by atoms with Crippen molar-refractivity contribution in [3.05, 3.63) is 0 Å². The molecule has 0 rings (SSSR count). The molecule has 0 fully saturated rings. The molecule has 12 heavy (non-hydrogen) atoms. The normalized spacial score (nSPS) is 11.7. The largest absolute Gasteiger partial charge is 0.330 e. The average Bonchev–Trinajstić information content (AvgIpc) is 2.00. The van der Waals surface area contributed by atoms with Gasteiger partial charge >= 0.3 is 0 Å². The van der Waals surface area contributed by atoms with Gasteiger partial charge in [0, 0.05) is 19.5 Å². The van der Waals surface area contributed by atoms with Crippen molar-refractivity contribution in [1.29, 1.82) is 0 Å². The van der Waals surface area contributed by atoms with Crippen molar-refractivity contribution < 1.29 is 0 Å². The molecule has 0 aliphatic rings. The Hall–Kier alpha value is -0.520. The van der Waals surface area contributed by atoms with Crippen molar-refractivity contribution in [3.8, 4) is 12.3 Å². The van der Waals surface area contributed by atoms with Crippen LogP contribution in [-0.4, -0.2) is 31.6 Å². The SMILES string of the molecule is C#CCCN(C)CC(C)(C)CN. The smallest absolute Gasteiger partial charge is 0.0214 e. The van der Waals surface area contributed by atoms with Crippen molar-refractivity contribution >= 4 is 0 Å². The molecule has 0 aliphatic carbocycles. The van der Waals surface area contributed by atoms with E-state index in [1.165, 1.54) is 0 Å². The van der Waals surface area contributed by atoms with Crippen LogP contribution in [0, 0.1) is 17.8 Å². The van der Waals surface area contributed by atoms with Gasteiger partial charge in [0.25, 0.3) is 0 Å². The minimum Gasteiger partial charge on any atom is -0.330 e. The summed E-state index contributed by atoms with van der Waals surface area (Å²) in [6, 6.07) is 0. The van der Waals surface area contributed by atoms with Gasteiger partial charge in [0.2, 0.25) is 0 Å². The summed E-state index contributed by atoms with van der Waals surface area (Å²) in [4.78, 5) is 2.23. The van der Waals surface area contributed by atoms with Crippen LogP contribution >= 0.6 is 0 Å². The summed E-state index contributed by atoms with van der Waals surface area (Å²) in [6.07, 6.45) is 5.99. The summed E-state index contributed by atoms with van der Waals surface area (Å²) in [7, 11) is 2.08. The first-order valence-electron chi connectivity index (χ1n) is 4.34. The third-order valence-electron chi connectivity index (χ3n) is 1.89. The lowest BCUT2D eigenvalue weighted by molar-refractivity contribution is 0.219. The third kappa shape index (κ3) is 5.17. The number of terminal acetylenes is 1. The second-order valence-electron chi connectivity index (χ2n) is 4.06. The number of hydrogen-bond acceptors (Lipinski definition) is 2. The zero-order valence-electron chi connectivity index (χ0n) is 8.43. The summed E-state index contributed by atoms with van der Waals surface area (Å²) in [5.74, 6) is 2.63. The second kappa shape index (κ2) is 5.18. The highest BCUT2D eigenvalue weighted by atomic mass is 15.1. The van der Waals surface area contributed by atoms with Crippen molar-refractivity contribution in [2.45, 2.75) is 20.3 Å². The Kier molecular flexibility index (Phi) is 4.96. The minimum absolute atomic E-state index is 0.198. The summed E-state index contributed by atoms with van der Waals surface area (Å²) in [6.45, 7) is 7.01. The Labute approximate surface area is 76.1 Å². The molecule has 0 heterocycles. The van der Waals surface area contributed by atoms with Crippen molar-refractivity contribution in [2.24, 2.45) is 11.1 Å². The van der Waals surface area contributed by atoms with Crippen LogP contribution in [-0.2, 0) is 0 Å². The molecule has 0 atom stereocenters. The van der Waals surface area contributed by atoms with E-state index in [4.69, 9.17) is 12.2 Å². The highest BCUT2D eigenvalue weighted by Crippen LogP contribution is 2.13. The molecular weight excluding hydrogens is 148 g/mol.